The molecule has 8 nitrogen and oxygen atoms in total. The maximum absolute atomic E-state index is 13.5. The molecule has 264 valence electrons. The Kier molecular flexibility index (Phi) is 14.2. The van der Waals surface area contributed by atoms with Crippen LogP contribution in [0.3, 0.4) is 0 Å². The van der Waals surface area contributed by atoms with Crippen molar-refractivity contribution in [3.63, 3.8) is 0 Å². The molecule has 2 fully saturated rings. The normalized spacial score (nSPS) is 18.0. The van der Waals surface area contributed by atoms with Crippen molar-refractivity contribution in [2.75, 3.05) is 33.2 Å². The number of imide groups is 1. The number of amides is 4. The predicted octanol–water partition coefficient (Wildman–Crippen LogP) is 7.39. The summed E-state index contributed by atoms with van der Waals surface area (Å²) in [6, 6.07) is 15.7. The zero-order valence-corrected chi connectivity index (χ0v) is 33.3. The van der Waals surface area contributed by atoms with Gasteiger partial charge in [-0.05, 0) is 19.2 Å². The molecule has 1 N–H and O–H groups in total. The summed E-state index contributed by atoms with van der Waals surface area (Å²) < 4.78 is 12.3. The van der Waals surface area contributed by atoms with E-state index >= 15 is 0 Å². The van der Waals surface area contributed by atoms with E-state index in [1.807, 2.05) is 18.7 Å². The second-order valence-corrected chi connectivity index (χ2v) is 27.3. The first-order valence-electron chi connectivity index (χ1n) is 18.6. The van der Waals surface area contributed by atoms with Gasteiger partial charge >= 0.3 is 224 Å². The molecule has 2 saturated heterocycles. The van der Waals surface area contributed by atoms with Gasteiger partial charge in [0.05, 0.1) is 0 Å². The molecule has 0 radical (unpaired) electrons. The van der Waals surface area contributed by atoms with Gasteiger partial charge in [0.2, 0.25) is 0 Å². The van der Waals surface area contributed by atoms with Crippen LogP contribution in [0.5, 0.6) is 5.75 Å². The Hall–Kier alpha value is -2.59. The monoisotopic (exact) mass is 768 g/mol. The summed E-state index contributed by atoms with van der Waals surface area (Å²) >= 11 is -2.52. The predicted molar refractivity (Wildman–Crippen MR) is 197 cm³/mol. The van der Waals surface area contributed by atoms with Gasteiger partial charge in [-0.25, -0.2) is 0 Å². The molecule has 1 atom stereocenters. The summed E-state index contributed by atoms with van der Waals surface area (Å²) in [5.74, 6) is 0.344. The molecule has 2 aliphatic rings. The molecule has 0 spiro atoms. The van der Waals surface area contributed by atoms with Crippen molar-refractivity contribution < 1.29 is 19.1 Å². The summed E-state index contributed by atoms with van der Waals surface area (Å²) in [6.45, 7) is 14.4. The average Bonchev–Trinajstić information content (AvgIpc) is 3.11. The number of unbranched alkanes of at least 4 members (excludes halogenated alkanes) is 3. The Bertz CT molecular complexity index is 1310. The van der Waals surface area contributed by atoms with Crippen LogP contribution in [0.15, 0.2) is 48.5 Å². The first-order chi connectivity index (χ1) is 23.2. The number of likely N-dealkylation sites (tertiary alicyclic amines) is 1. The number of carbonyl (C=O) groups is 3. The van der Waals surface area contributed by atoms with E-state index in [-0.39, 0.29) is 11.8 Å². The van der Waals surface area contributed by atoms with Crippen molar-refractivity contribution in [3.8, 4) is 5.75 Å². The second-order valence-electron chi connectivity index (χ2n) is 14.1. The van der Waals surface area contributed by atoms with Gasteiger partial charge in [-0.2, -0.15) is 0 Å². The second kappa shape index (κ2) is 17.9. The van der Waals surface area contributed by atoms with Gasteiger partial charge in [0, 0.05) is 31.7 Å². The molecule has 0 saturated carbocycles. The van der Waals surface area contributed by atoms with E-state index in [0.717, 1.165) is 18.7 Å². The molecule has 0 aromatic heterocycles. The van der Waals surface area contributed by atoms with Crippen LogP contribution in [0.2, 0.25) is 13.3 Å². The SMILES string of the molecule is CCC[CH2][Sn]([CH2]CCC)([CH2]CCC)[c]1ccc(CNC(=O)N2C(=O)C(CC)(CC)C2Oc2ccc(C(=O)N3CCN(C)CC3)cc2)cc1. The van der Waals surface area contributed by atoms with Gasteiger partial charge in [0.15, 0.2) is 0 Å². The van der Waals surface area contributed by atoms with Gasteiger partial charge in [0.1, 0.15) is 0 Å². The third-order valence-corrected chi connectivity index (χ3v) is 26.7. The average molecular weight is 768 g/mol. The Morgan fingerprint density at radius 1 is 0.812 bits per heavy atom. The third-order valence-electron chi connectivity index (χ3n) is 11.0. The van der Waals surface area contributed by atoms with Crippen LogP contribution in [-0.2, 0) is 11.3 Å². The number of β-lactam (4-membered cyclic amide) rings is 1. The molecule has 2 aromatic rings. The molecule has 2 heterocycles. The standard InChI is InChI=1S/C27H33N4O4.3C4H9.Sn/c1-4-27(5-2)24(33)31(26(34)28-19-20-9-7-6-8-10-20)25(27)35-22-13-11-21(12-14-22)23(32)30-17-15-29(3)16-18-30;3*1-3-4-2;/h7-14,25H,4-5,15-19H2,1-3H3,(H,28,34);3*1,3-4H2,2H3;. The summed E-state index contributed by atoms with van der Waals surface area (Å²) in [7, 11) is 2.07. The number of hydrogen-bond acceptors (Lipinski definition) is 5. The minimum atomic E-state index is -2.52. The first-order valence-corrected chi connectivity index (χ1v) is 26.1. The zero-order valence-electron chi connectivity index (χ0n) is 30.5. The fraction of sp³-hybridized carbons (Fsp3) is 0.615. The van der Waals surface area contributed by atoms with Gasteiger partial charge in [-0.1, -0.05) is 0 Å². The van der Waals surface area contributed by atoms with Gasteiger partial charge < -0.3 is 9.80 Å². The summed E-state index contributed by atoms with van der Waals surface area (Å²) in [5.41, 5.74) is 0.882. The molecule has 4 rings (SSSR count). The van der Waals surface area contributed by atoms with Crippen LogP contribution >= 0.6 is 0 Å². The van der Waals surface area contributed by atoms with E-state index in [0.29, 0.717) is 43.8 Å². The number of benzene rings is 2. The van der Waals surface area contributed by atoms with E-state index in [1.54, 1.807) is 27.8 Å². The Balaban J connectivity index is 1.43. The maximum atomic E-state index is 13.5. The topological polar surface area (TPSA) is 82.2 Å². The van der Waals surface area contributed by atoms with E-state index in [4.69, 9.17) is 4.74 Å². The molecule has 9 heteroatoms. The van der Waals surface area contributed by atoms with E-state index in [2.05, 4.69) is 62.3 Å². The molecule has 0 bridgehead atoms. The molecule has 4 amide bonds. The number of nitrogens with one attached hydrogen (secondary N) is 1. The third kappa shape index (κ3) is 8.58. The van der Waals surface area contributed by atoms with Crippen molar-refractivity contribution in [2.45, 2.75) is 112 Å². The summed E-state index contributed by atoms with van der Waals surface area (Å²) in [4.78, 5) is 45.4. The molecule has 48 heavy (non-hydrogen) atoms. The number of hydrogen-bond donors (Lipinski definition) is 1. The van der Waals surface area contributed by atoms with Crippen LogP contribution in [-0.4, -0.2) is 90.4 Å². The molecule has 0 aliphatic carbocycles. The number of nitrogens with zero attached hydrogens (tertiary/aromatic N) is 3. The Morgan fingerprint density at radius 3 is 1.85 bits per heavy atom. The number of carbonyl (C=O) groups excluding carboxylic acids is 3. The minimum absolute atomic E-state index is 0.0103. The van der Waals surface area contributed by atoms with E-state index < -0.39 is 36.1 Å². The van der Waals surface area contributed by atoms with Crippen molar-refractivity contribution in [1.82, 2.24) is 20.0 Å². The Morgan fingerprint density at radius 2 is 1.35 bits per heavy atom. The van der Waals surface area contributed by atoms with E-state index in [1.165, 1.54) is 56.7 Å². The summed E-state index contributed by atoms with van der Waals surface area (Å²) in [6.07, 6.45) is 8.14. The molecular weight excluding hydrogens is 707 g/mol. The fourth-order valence-electron chi connectivity index (χ4n) is 7.49. The van der Waals surface area contributed by atoms with Crippen LogP contribution < -0.4 is 13.6 Å². The quantitative estimate of drug-likeness (QED) is 0.134. The number of ether oxygens (including phenoxy) is 1. The molecular formula is C39H60N4O4Sn. The zero-order chi connectivity index (χ0) is 34.7. The number of piperazine rings is 1. The first kappa shape index (κ1) is 38.2. The summed E-state index contributed by atoms with van der Waals surface area (Å²) in [5, 5.41) is 3.01. The van der Waals surface area contributed by atoms with Gasteiger partial charge in [0.25, 0.3) is 5.91 Å². The van der Waals surface area contributed by atoms with Crippen molar-refractivity contribution in [2.24, 2.45) is 5.41 Å². The number of rotatable bonds is 17. The van der Waals surface area contributed by atoms with Crippen LogP contribution in [0.1, 0.15) is 102 Å². The van der Waals surface area contributed by atoms with Crippen LogP contribution in [0.4, 0.5) is 4.79 Å². The van der Waals surface area contributed by atoms with Crippen LogP contribution in [0, 0.1) is 5.41 Å². The number of urea groups is 1. The van der Waals surface area contributed by atoms with Crippen LogP contribution in [0.25, 0.3) is 0 Å². The van der Waals surface area contributed by atoms with Crippen molar-refractivity contribution in [3.05, 3.63) is 59.7 Å². The fourth-order valence-corrected chi connectivity index (χ4v) is 23.4. The Labute approximate surface area is 293 Å². The van der Waals surface area contributed by atoms with Crippen molar-refractivity contribution in [1.29, 1.82) is 0 Å². The molecule has 2 aromatic carbocycles. The van der Waals surface area contributed by atoms with Gasteiger partial charge in [-0.15, -0.1) is 0 Å². The van der Waals surface area contributed by atoms with Gasteiger partial charge in [-0.3, -0.25) is 4.79 Å². The van der Waals surface area contributed by atoms with Crippen molar-refractivity contribution >= 4 is 39.8 Å². The van der Waals surface area contributed by atoms with E-state index in [9.17, 15) is 14.4 Å². The molecule has 1 unspecified atom stereocenters. The molecule has 2 aliphatic heterocycles. The number of likely N-dealkylation sites (N-methyl/N-ethyl adjacent to an activating group) is 1.